The van der Waals surface area contributed by atoms with Crippen LogP contribution in [0.4, 0.5) is 5.13 Å². The molecule has 3 rings (SSSR count). The number of aromatic nitrogens is 1. The summed E-state index contributed by atoms with van der Waals surface area (Å²) in [4.78, 5) is 17.0. The van der Waals surface area contributed by atoms with Crippen LogP contribution < -0.4 is 19.5 Å². The molecule has 0 bridgehead atoms. The summed E-state index contributed by atoms with van der Waals surface area (Å²) >= 11 is 1.39. The number of carbonyl (C=O) groups is 1. The average molecular weight is 495 g/mol. The van der Waals surface area contributed by atoms with Gasteiger partial charge in [-0.2, -0.15) is 0 Å². The number of nitrogens with zero attached hydrogens (tertiary/aromatic N) is 1. The van der Waals surface area contributed by atoms with Crippen LogP contribution in [-0.2, 0) is 4.79 Å². The monoisotopic (exact) mass is 494 g/mol. The molecule has 1 aromatic heterocycles. The standard InChI is InChI=1S/C28H34N2O4S/c1-4-6-8-18-34-25-15-9-21(19-26(25)32-3)10-16-27(31)30-28-29-24(20-35-28)22-11-13-23(14-12-22)33-17-7-5-2/h9-16,19-20H,4-8,17-18H2,1-3H3,(H,29,30,31)/b16-10+. The first kappa shape index (κ1) is 26.3. The summed E-state index contributed by atoms with van der Waals surface area (Å²) in [6.45, 7) is 5.68. The first-order chi connectivity index (χ1) is 17.1. The number of amides is 1. The van der Waals surface area contributed by atoms with E-state index in [1.807, 2.05) is 47.8 Å². The van der Waals surface area contributed by atoms with E-state index >= 15 is 0 Å². The fraction of sp³-hybridized carbons (Fsp3) is 0.357. The summed E-state index contributed by atoms with van der Waals surface area (Å²) in [5.74, 6) is 1.96. The quantitative estimate of drug-likeness (QED) is 0.189. The van der Waals surface area contributed by atoms with E-state index in [0.29, 0.717) is 23.2 Å². The molecule has 1 heterocycles. The molecule has 0 saturated heterocycles. The third-order valence-electron chi connectivity index (χ3n) is 5.27. The lowest BCUT2D eigenvalue weighted by molar-refractivity contribution is -0.111. The highest BCUT2D eigenvalue weighted by atomic mass is 32.1. The van der Waals surface area contributed by atoms with Crippen molar-refractivity contribution < 1.29 is 19.0 Å². The summed E-state index contributed by atoms with van der Waals surface area (Å²) in [7, 11) is 1.61. The Morgan fingerprint density at radius 3 is 2.49 bits per heavy atom. The van der Waals surface area contributed by atoms with Gasteiger partial charge in [0.25, 0.3) is 0 Å². The predicted octanol–water partition coefficient (Wildman–Crippen LogP) is 7.22. The van der Waals surface area contributed by atoms with Gasteiger partial charge in [-0.15, -0.1) is 11.3 Å². The number of methoxy groups -OCH3 is 1. The summed E-state index contributed by atoms with van der Waals surface area (Å²) in [5.41, 5.74) is 2.64. The second kappa shape index (κ2) is 14.2. The fourth-order valence-electron chi connectivity index (χ4n) is 3.28. The summed E-state index contributed by atoms with van der Waals surface area (Å²) < 4.78 is 17.0. The van der Waals surface area contributed by atoms with E-state index in [-0.39, 0.29) is 5.91 Å². The molecule has 0 unspecified atom stereocenters. The zero-order valence-electron chi connectivity index (χ0n) is 20.7. The Labute approximate surface area is 212 Å². The van der Waals surface area contributed by atoms with Gasteiger partial charge in [0.15, 0.2) is 16.6 Å². The van der Waals surface area contributed by atoms with Gasteiger partial charge in [-0.1, -0.05) is 39.2 Å². The van der Waals surface area contributed by atoms with Gasteiger partial charge in [0.1, 0.15) is 5.75 Å². The minimum atomic E-state index is -0.246. The highest BCUT2D eigenvalue weighted by Gasteiger charge is 2.08. The lowest BCUT2D eigenvalue weighted by Crippen LogP contribution is -2.07. The van der Waals surface area contributed by atoms with Crippen LogP contribution in [0.3, 0.4) is 0 Å². The number of benzene rings is 2. The highest BCUT2D eigenvalue weighted by molar-refractivity contribution is 7.14. The fourth-order valence-corrected chi connectivity index (χ4v) is 4.00. The first-order valence-electron chi connectivity index (χ1n) is 12.1. The molecule has 6 nitrogen and oxygen atoms in total. The molecule has 0 fully saturated rings. The van der Waals surface area contributed by atoms with Crippen LogP contribution in [0.25, 0.3) is 17.3 Å². The highest BCUT2D eigenvalue weighted by Crippen LogP contribution is 2.29. The number of ether oxygens (including phenoxy) is 3. The van der Waals surface area contributed by atoms with E-state index in [4.69, 9.17) is 14.2 Å². The van der Waals surface area contributed by atoms with Crippen LogP contribution in [0, 0.1) is 0 Å². The second-order valence-corrected chi connectivity index (χ2v) is 8.91. The van der Waals surface area contributed by atoms with Gasteiger partial charge in [-0.05, 0) is 60.9 Å². The molecular weight excluding hydrogens is 460 g/mol. The number of unbranched alkanes of at least 4 members (excludes halogenated alkanes) is 3. The van der Waals surface area contributed by atoms with Crippen molar-refractivity contribution >= 4 is 28.5 Å². The minimum absolute atomic E-state index is 0.246. The molecule has 186 valence electrons. The van der Waals surface area contributed by atoms with Crippen LogP contribution in [0.5, 0.6) is 17.2 Å². The Balaban J connectivity index is 1.54. The molecule has 1 amide bonds. The van der Waals surface area contributed by atoms with Crippen molar-refractivity contribution in [2.24, 2.45) is 0 Å². The van der Waals surface area contributed by atoms with Crippen LogP contribution in [0.2, 0.25) is 0 Å². The van der Waals surface area contributed by atoms with Crippen molar-refractivity contribution in [1.82, 2.24) is 4.98 Å². The van der Waals surface area contributed by atoms with Crippen LogP contribution in [0.15, 0.2) is 53.9 Å². The Hall–Kier alpha value is -3.32. The summed E-state index contributed by atoms with van der Waals surface area (Å²) in [5, 5.41) is 5.30. The number of hydrogen-bond donors (Lipinski definition) is 1. The van der Waals surface area contributed by atoms with Crippen molar-refractivity contribution in [1.29, 1.82) is 0 Å². The molecule has 0 atom stereocenters. The van der Waals surface area contributed by atoms with Gasteiger partial charge in [-0.3, -0.25) is 10.1 Å². The van der Waals surface area contributed by atoms with E-state index in [1.54, 1.807) is 13.2 Å². The lowest BCUT2D eigenvalue weighted by atomic mass is 10.2. The minimum Gasteiger partial charge on any atom is -0.494 e. The van der Waals surface area contributed by atoms with Crippen LogP contribution in [-0.4, -0.2) is 31.2 Å². The molecule has 1 N–H and O–H groups in total. The lowest BCUT2D eigenvalue weighted by Gasteiger charge is -2.11. The maximum atomic E-state index is 12.4. The van der Waals surface area contributed by atoms with E-state index in [2.05, 4.69) is 24.1 Å². The average Bonchev–Trinajstić information content (AvgIpc) is 3.34. The van der Waals surface area contributed by atoms with E-state index in [9.17, 15) is 4.79 Å². The van der Waals surface area contributed by atoms with Crippen molar-refractivity contribution in [3.63, 3.8) is 0 Å². The van der Waals surface area contributed by atoms with Crippen molar-refractivity contribution in [3.8, 4) is 28.5 Å². The number of anilines is 1. The number of rotatable bonds is 14. The number of carbonyl (C=O) groups excluding carboxylic acids is 1. The van der Waals surface area contributed by atoms with Gasteiger partial charge >= 0.3 is 0 Å². The van der Waals surface area contributed by atoms with E-state index in [0.717, 1.165) is 61.3 Å². The van der Waals surface area contributed by atoms with Crippen LogP contribution >= 0.6 is 11.3 Å². The Morgan fingerprint density at radius 2 is 1.74 bits per heavy atom. The largest absolute Gasteiger partial charge is 0.494 e. The Morgan fingerprint density at radius 1 is 0.971 bits per heavy atom. The topological polar surface area (TPSA) is 69.7 Å². The van der Waals surface area contributed by atoms with Gasteiger partial charge < -0.3 is 14.2 Å². The normalized spacial score (nSPS) is 10.9. The molecule has 0 aliphatic carbocycles. The summed E-state index contributed by atoms with van der Waals surface area (Å²) in [6, 6.07) is 13.5. The molecule has 0 spiro atoms. The van der Waals surface area contributed by atoms with Gasteiger partial charge in [0.2, 0.25) is 5.91 Å². The molecule has 0 aliphatic rings. The van der Waals surface area contributed by atoms with Crippen molar-refractivity contribution in [2.75, 3.05) is 25.6 Å². The first-order valence-corrected chi connectivity index (χ1v) is 13.0. The zero-order valence-corrected chi connectivity index (χ0v) is 21.5. The molecular formula is C28H34N2O4S. The van der Waals surface area contributed by atoms with Crippen molar-refractivity contribution in [2.45, 2.75) is 46.0 Å². The van der Waals surface area contributed by atoms with Gasteiger partial charge in [-0.25, -0.2) is 4.98 Å². The second-order valence-electron chi connectivity index (χ2n) is 8.05. The van der Waals surface area contributed by atoms with Crippen molar-refractivity contribution in [3.05, 3.63) is 59.5 Å². The van der Waals surface area contributed by atoms with E-state index in [1.165, 1.54) is 17.4 Å². The van der Waals surface area contributed by atoms with E-state index < -0.39 is 0 Å². The third-order valence-corrected chi connectivity index (χ3v) is 6.03. The number of thiazole rings is 1. The van der Waals surface area contributed by atoms with Gasteiger partial charge in [0.05, 0.1) is 26.0 Å². The maximum absolute atomic E-state index is 12.4. The smallest absolute Gasteiger partial charge is 0.250 e. The SMILES string of the molecule is CCCCCOc1ccc(/C=C/C(=O)Nc2nc(-c3ccc(OCCCC)cc3)cs2)cc1OC. The third kappa shape index (κ3) is 8.44. The molecule has 35 heavy (non-hydrogen) atoms. The number of hydrogen-bond acceptors (Lipinski definition) is 6. The molecule has 7 heteroatoms. The molecule has 0 saturated carbocycles. The molecule has 2 aromatic carbocycles. The van der Waals surface area contributed by atoms with Crippen LogP contribution in [0.1, 0.15) is 51.5 Å². The summed E-state index contributed by atoms with van der Waals surface area (Å²) in [6.07, 6.45) is 8.67. The van der Waals surface area contributed by atoms with Gasteiger partial charge in [0, 0.05) is 17.0 Å². The molecule has 0 aliphatic heterocycles. The maximum Gasteiger partial charge on any atom is 0.250 e. The molecule has 3 aromatic rings. The Kier molecular flexibility index (Phi) is 10.6. The molecule has 0 radical (unpaired) electrons. The zero-order chi connectivity index (χ0) is 24.9. The number of nitrogens with one attached hydrogen (secondary N) is 1. The Bertz CT molecular complexity index is 1090. The predicted molar refractivity (Wildman–Crippen MR) is 144 cm³/mol.